The molecule has 3 aliphatic heterocycles. The molecule has 6 rings (SSSR count). The zero-order valence-electron chi connectivity index (χ0n) is 14.4. The van der Waals surface area contributed by atoms with Gasteiger partial charge in [0.1, 0.15) is 6.10 Å². The van der Waals surface area contributed by atoms with Gasteiger partial charge >= 0.3 is 0 Å². The van der Waals surface area contributed by atoms with Gasteiger partial charge in [-0.3, -0.25) is 9.47 Å². The molecule has 2 aromatic heterocycles. The Labute approximate surface area is 147 Å². The van der Waals surface area contributed by atoms with E-state index in [1.165, 1.54) is 36.9 Å². The molecular weight excluding hydrogens is 312 g/mol. The Morgan fingerprint density at radius 3 is 2.60 bits per heavy atom. The molecule has 0 aliphatic carbocycles. The molecule has 3 aromatic rings. The van der Waals surface area contributed by atoms with Crippen LogP contribution in [0.15, 0.2) is 42.6 Å². The highest BCUT2D eigenvalue weighted by atomic mass is 16.5. The minimum atomic E-state index is 0.261. The van der Waals surface area contributed by atoms with E-state index in [9.17, 15) is 0 Å². The molecule has 1 aromatic carbocycles. The van der Waals surface area contributed by atoms with Crippen LogP contribution >= 0.6 is 0 Å². The summed E-state index contributed by atoms with van der Waals surface area (Å²) in [5.74, 6) is 2.13. The number of hydrogen-bond donors (Lipinski definition) is 0. The van der Waals surface area contributed by atoms with Crippen LogP contribution in [0.2, 0.25) is 0 Å². The van der Waals surface area contributed by atoms with Crippen LogP contribution in [-0.2, 0) is 0 Å². The van der Waals surface area contributed by atoms with Crippen LogP contribution in [0.1, 0.15) is 18.4 Å². The van der Waals surface area contributed by atoms with E-state index in [1.807, 2.05) is 12.1 Å². The number of ether oxygens (including phenoxy) is 1. The van der Waals surface area contributed by atoms with Crippen molar-refractivity contribution in [2.75, 3.05) is 19.6 Å². The molecule has 0 spiro atoms. The van der Waals surface area contributed by atoms with Crippen molar-refractivity contribution in [1.29, 1.82) is 0 Å². The second kappa shape index (κ2) is 5.85. The van der Waals surface area contributed by atoms with Gasteiger partial charge in [0.2, 0.25) is 5.88 Å². The van der Waals surface area contributed by atoms with Gasteiger partial charge in [-0.15, -0.1) is 10.2 Å². The fourth-order valence-corrected chi connectivity index (χ4v) is 4.24. The lowest BCUT2D eigenvalue weighted by atomic mass is 9.86. The van der Waals surface area contributed by atoms with Crippen LogP contribution in [0.5, 0.6) is 5.88 Å². The minimum absolute atomic E-state index is 0.261. The quantitative estimate of drug-likeness (QED) is 0.738. The normalized spacial score (nSPS) is 25.4. The van der Waals surface area contributed by atoms with Crippen molar-refractivity contribution in [3.05, 3.63) is 48.2 Å². The van der Waals surface area contributed by atoms with E-state index >= 15 is 0 Å². The fourth-order valence-electron chi connectivity index (χ4n) is 4.24. The van der Waals surface area contributed by atoms with Crippen molar-refractivity contribution in [2.24, 2.45) is 5.92 Å². The number of aryl methyl sites for hydroxylation is 1. The Bertz CT molecular complexity index is 894. The molecule has 3 fully saturated rings. The smallest absolute Gasteiger partial charge is 0.233 e. The average Bonchev–Trinajstić information content (AvgIpc) is 3.01. The highest BCUT2D eigenvalue weighted by Crippen LogP contribution is 2.30. The molecule has 5 heterocycles. The van der Waals surface area contributed by atoms with Crippen molar-refractivity contribution in [3.8, 4) is 11.7 Å². The fraction of sp³-hybridized carbons (Fsp3) is 0.400. The molecule has 5 heteroatoms. The van der Waals surface area contributed by atoms with Crippen molar-refractivity contribution in [2.45, 2.75) is 25.9 Å². The molecule has 0 amide bonds. The van der Waals surface area contributed by atoms with Crippen molar-refractivity contribution in [3.63, 3.8) is 0 Å². The van der Waals surface area contributed by atoms with Crippen molar-refractivity contribution in [1.82, 2.24) is 19.7 Å². The van der Waals surface area contributed by atoms with Crippen molar-refractivity contribution >= 4 is 10.9 Å². The van der Waals surface area contributed by atoms with Gasteiger partial charge in [-0.2, -0.15) is 0 Å². The predicted molar refractivity (Wildman–Crippen MR) is 97.2 cm³/mol. The number of nitrogens with zero attached hydrogens (tertiary/aromatic N) is 4. The van der Waals surface area contributed by atoms with Gasteiger partial charge < -0.3 is 4.74 Å². The lowest BCUT2D eigenvalue weighted by Gasteiger charge is -2.44. The zero-order valence-corrected chi connectivity index (χ0v) is 14.4. The molecule has 3 aliphatic rings. The second-order valence-corrected chi connectivity index (χ2v) is 7.22. The molecule has 3 saturated heterocycles. The molecule has 0 radical (unpaired) electrons. The van der Waals surface area contributed by atoms with E-state index in [-0.39, 0.29) is 6.10 Å². The molecule has 2 bridgehead atoms. The van der Waals surface area contributed by atoms with E-state index in [0.717, 1.165) is 17.9 Å². The van der Waals surface area contributed by atoms with Gasteiger partial charge in [0.15, 0.2) is 5.82 Å². The first-order chi connectivity index (χ1) is 12.3. The third-order valence-corrected chi connectivity index (χ3v) is 5.65. The standard InChI is InChI=1S/C20H22N4O/c1-14-12-24(17-5-3-2-4-16(14)17)19-6-7-20(22-21-19)25-18-13-23-10-8-15(18)9-11-23/h2-7,12,15,18H,8-11,13H2,1H3/t18-/m0/s1. The summed E-state index contributed by atoms with van der Waals surface area (Å²) in [6.07, 6.45) is 4.86. The molecule has 128 valence electrons. The van der Waals surface area contributed by atoms with Crippen LogP contribution in [0.3, 0.4) is 0 Å². The first kappa shape index (κ1) is 14.9. The molecule has 0 unspecified atom stereocenters. The summed E-state index contributed by atoms with van der Waals surface area (Å²) in [6.45, 7) is 5.58. The summed E-state index contributed by atoms with van der Waals surface area (Å²) in [6, 6.07) is 12.3. The Hall–Kier alpha value is -2.40. The third-order valence-electron chi connectivity index (χ3n) is 5.65. The van der Waals surface area contributed by atoms with E-state index in [1.54, 1.807) is 0 Å². The SMILES string of the molecule is Cc1cn(-c2ccc(O[C@H]3CN4CCC3CC4)nn2)c2ccccc12. The summed E-state index contributed by atoms with van der Waals surface area (Å²) in [5, 5.41) is 10.00. The number of fused-ring (bicyclic) bond motifs is 4. The minimum Gasteiger partial charge on any atom is -0.472 e. The van der Waals surface area contributed by atoms with Crippen molar-refractivity contribution < 1.29 is 4.74 Å². The summed E-state index contributed by atoms with van der Waals surface area (Å²) in [4.78, 5) is 2.49. The van der Waals surface area contributed by atoms with E-state index < -0.39 is 0 Å². The van der Waals surface area contributed by atoms with Crippen LogP contribution in [0, 0.1) is 12.8 Å². The third kappa shape index (κ3) is 2.59. The summed E-state index contributed by atoms with van der Waals surface area (Å²) in [7, 11) is 0. The molecule has 0 saturated carbocycles. The molecule has 5 nitrogen and oxygen atoms in total. The largest absolute Gasteiger partial charge is 0.472 e. The molecule has 0 N–H and O–H groups in total. The summed E-state index contributed by atoms with van der Waals surface area (Å²) < 4.78 is 8.24. The van der Waals surface area contributed by atoms with Gasteiger partial charge in [0.05, 0.1) is 5.52 Å². The maximum atomic E-state index is 6.15. The first-order valence-corrected chi connectivity index (χ1v) is 9.08. The number of piperidine rings is 3. The number of hydrogen-bond acceptors (Lipinski definition) is 4. The monoisotopic (exact) mass is 334 g/mol. The van der Waals surface area contributed by atoms with Crippen LogP contribution < -0.4 is 4.74 Å². The van der Waals surface area contributed by atoms with Gasteiger partial charge in [-0.05, 0) is 56.5 Å². The number of aromatic nitrogens is 3. The Morgan fingerprint density at radius 2 is 1.88 bits per heavy atom. The van der Waals surface area contributed by atoms with Gasteiger partial charge in [-0.25, -0.2) is 0 Å². The predicted octanol–water partition coefficient (Wildman–Crippen LogP) is 3.20. The summed E-state index contributed by atoms with van der Waals surface area (Å²) >= 11 is 0. The van der Waals surface area contributed by atoms with Crippen LogP contribution in [0.4, 0.5) is 0 Å². The maximum Gasteiger partial charge on any atom is 0.233 e. The second-order valence-electron chi connectivity index (χ2n) is 7.22. The Balaban J connectivity index is 1.40. The number of benzene rings is 1. The van der Waals surface area contributed by atoms with Gasteiger partial charge in [-0.1, -0.05) is 18.2 Å². The zero-order chi connectivity index (χ0) is 16.8. The highest BCUT2D eigenvalue weighted by Gasteiger charge is 2.35. The van der Waals surface area contributed by atoms with Crippen LogP contribution in [-0.4, -0.2) is 45.4 Å². The average molecular weight is 334 g/mol. The maximum absolute atomic E-state index is 6.15. The van der Waals surface area contributed by atoms with Crippen LogP contribution in [0.25, 0.3) is 16.7 Å². The van der Waals surface area contributed by atoms with E-state index in [0.29, 0.717) is 11.8 Å². The molecular formula is C20H22N4O. The van der Waals surface area contributed by atoms with E-state index in [4.69, 9.17) is 4.74 Å². The topological polar surface area (TPSA) is 43.2 Å². The number of rotatable bonds is 3. The number of para-hydroxylation sites is 1. The first-order valence-electron chi connectivity index (χ1n) is 9.08. The summed E-state index contributed by atoms with van der Waals surface area (Å²) in [5.41, 5.74) is 2.39. The molecule has 25 heavy (non-hydrogen) atoms. The Morgan fingerprint density at radius 1 is 1.04 bits per heavy atom. The lowest BCUT2D eigenvalue weighted by Crippen LogP contribution is -2.52. The molecule has 1 atom stereocenters. The highest BCUT2D eigenvalue weighted by molar-refractivity contribution is 5.85. The lowest BCUT2D eigenvalue weighted by molar-refractivity contribution is -0.0104. The van der Waals surface area contributed by atoms with Gasteiger partial charge in [0.25, 0.3) is 0 Å². The van der Waals surface area contributed by atoms with E-state index in [2.05, 4.69) is 57.1 Å². The van der Waals surface area contributed by atoms with Gasteiger partial charge in [0, 0.05) is 24.2 Å². The Kier molecular flexibility index (Phi) is 3.48.